The third kappa shape index (κ3) is 6.67. The van der Waals surface area contributed by atoms with Gasteiger partial charge in [-0.2, -0.15) is 5.09 Å². The largest absolute Gasteiger partial charge is 0.462 e. The maximum atomic E-state index is 15.3. The van der Waals surface area contributed by atoms with Crippen molar-refractivity contribution in [2.45, 2.75) is 81.7 Å². The Kier molecular flexibility index (Phi) is 8.66. The summed E-state index contributed by atoms with van der Waals surface area (Å²) < 4.78 is 51.6. The molecular weight excluding hydrogens is 572 g/mol. The van der Waals surface area contributed by atoms with Crippen LogP contribution in [0.25, 0.3) is 0 Å². The van der Waals surface area contributed by atoms with Gasteiger partial charge in [-0.15, -0.1) is 0 Å². The molecule has 12 nitrogen and oxygen atoms in total. The molecule has 0 spiro atoms. The average molecular weight is 604 g/mol. The van der Waals surface area contributed by atoms with Gasteiger partial charge >= 0.3 is 19.4 Å². The second kappa shape index (κ2) is 11.4. The first-order chi connectivity index (χ1) is 18.6. The molecule has 6 atom stereocenters. The number of hydrogen-bond acceptors (Lipinski definition) is 9. The van der Waals surface area contributed by atoms with Crippen LogP contribution in [0.5, 0.6) is 5.75 Å². The van der Waals surface area contributed by atoms with Gasteiger partial charge in [0.1, 0.15) is 24.0 Å². The summed E-state index contributed by atoms with van der Waals surface area (Å²) in [5.74, 6) is -0.561. The van der Waals surface area contributed by atoms with Crippen LogP contribution in [0, 0.1) is 0 Å². The third-order valence-corrected chi connectivity index (χ3v) is 8.78. The van der Waals surface area contributed by atoms with Gasteiger partial charge in [-0.3, -0.25) is 23.7 Å². The molecule has 2 heterocycles. The van der Waals surface area contributed by atoms with E-state index in [9.17, 15) is 24.1 Å². The zero-order valence-corrected chi connectivity index (χ0v) is 24.0. The predicted octanol–water partition coefficient (Wildman–Crippen LogP) is 2.88. The van der Waals surface area contributed by atoms with E-state index >= 15 is 4.39 Å². The molecule has 15 heteroatoms. The maximum absolute atomic E-state index is 15.3. The number of ether oxygens (including phenoxy) is 2. The van der Waals surface area contributed by atoms with Gasteiger partial charge in [-0.25, -0.2) is 13.8 Å². The number of benzene rings is 1. The highest BCUT2D eigenvalue weighted by atomic mass is 35.5. The summed E-state index contributed by atoms with van der Waals surface area (Å²) in [4.78, 5) is 37.9. The second-order valence-electron chi connectivity index (χ2n) is 10.5. The molecule has 0 radical (unpaired) electrons. The van der Waals surface area contributed by atoms with Crippen LogP contribution in [0.15, 0.2) is 46.1 Å². The van der Waals surface area contributed by atoms with E-state index in [0.29, 0.717) is 4.57 Å². The summed E-state index contributed by atoms with van der Waals surface area (Å²) in [6.07, 6.45) is -2.80. The number of carbonyl (C=O) groups excluding carboxylic acids is 1. The van der Waals surface area contributed by atoms with Crippen molar-refractivity contribution in [1.82, 2.24) is 14.6 Å². The van der Waals surface area contributed by atoms with Crippen molar-refractivity contribution in [3.8, 4) is 5.75 Å². The number of aromatic nitrogens is 2. The number of nitrogens with one attached hydrogen (secondary N) is 2. The molecule has 1 saturated heterocycles. The van der Waals surface area contributed by atoms with E-state index in [1.807, 2.05) is 17.1 Å². The summed E-state index contributed by atoms with van der Waals surface area (Å²) in [6.45, 7) is 6.10. The number of H-pyrrole nitrogens is 1. The number of carbonyl (C=O) groups is 1. The molecule has 3 N–H and O–H groups in total. The van der Waals surface area contributed by atoms with Gasteiger partial charge in [-0.05, 0) is 56.7 Å². The van der Waals surface area contributed by atoms with Crippen molar-refractivity contribution < 1.29 is 37.4 Å². The number of aliphatic hydroxyl groups excluding tert-OH is 1. The minimum absolute atomic E-state index is 0.0900. The quantitative estimate of drug-likeness (QED) is 0.198. The van der Waals surface area contributed by atoms with E-state index in [2.05, 4.69) is 12.0 Å². The Balaban J connectivity index is 1.53. The lowest BCUT2D eigenvalue weighted by Gasteiger charge is -2.25. The summed E-state index contributed by atoms with van der Waals surface area (Å²) in [5, 5.41) is 10.0. The standard InChI is InChI=1S/C25H32ClFN3O9P/c1-14(2)37-21(33)15(3)29-40(35,39-17-7-5-16(6-8-17)24(4)10-11-24)36-13-18-20(32)25(26,27)22(38-18)30-12-9-19(31)28-23(30)34/h5-9,12,14-15,18,20,22,32H,10-11,13H2,1-4H3,(H,29,35)(H,28,31,34). The molecule has 1 saturated carbocycles. The Morgan fingerprint density at radius 3 is 2.50 bits per heavy atom. The Bertz CT molecular complexity index is 1390. The highest BCUT2D eigenvalue weighted by Gasteiger charge is 2.58. The van der Waals surface area contributed by atoms with Crippen LogP contribution in [0.4, 0.5) is 4.39 Å². The number of esters is 1. The van der Waals surface area contributed by atoms with Crippen molar-refractivity contribution in [2.24, 2.45) is 0 Å². The van der Waals surface area contributed by atoms with Crippen LogP contribution < -0.4 is 20.9 Å². The smallest absolute Gasteiger partial charge is 0.459 e. The Morgan fingerprint density at radius 2 is 1.93 bits per heavy atom. The first-order valence-corrected chi connectivity index (χ1v) is 14.6. The molecule has 1 aliphatic carbocycles. The first kappa shape index (κ1) is 30.4. The fourth-order valence-corrected chi connectivity index (χ4v) is 5.94. The van der Waals surface area contributed by atoms with E-state index in [-0.39, 0.29) is 11.2 Å². The third-order valence-electron chi connectivity index (χ3n) is 6.73. The van der Waals surface area contributed by atoms with Gasteiger partial charge in [0.05, 0.1) is 12.7 Å². The lowest BCUT2D eigenvalue weighted by molar-refractivity contribution is -0.149. The van der Waals surface area contributed by atoms with Gasteiger partial charge in [0.2, 0.25) is 0 Å². The van der Waals surface area contributed by atoms with Crippen molar-refractivity contribution in [1.29, 1.82) is 0 Å². The summed E-state index contributed by atoms with van der Waals surface area (Å²) in [6, 6.07) is 6.70. The monoisotopic (exact) mass is 603 g/mol. The Morgan fingerprint density at radius 1 is 1.27 bits per heavy atom. The summed E-state index contributed by atoms with van der Waals surface area (Å²) >= 11 is 5.91. The molecule has 2 aliphatic rings. The number of halogens is 2. The van der Waals surface area contributed by atoms with Crippen LogP contribution in [0.2, 0.25) is 0 Å². The van der Waals surface area contributed by atoms with Crippen LogP contribution >= 0.6 is 19.3 Å². The molecule has 1 aliphatic heterocycles. The van der Waals surface area contributed by atoms with E-state index in [4.69, 9.17) is 30.1 Å². The summed E-state index contributed by atoms with van der Waals surface area (Å²) in [7, 11) is -4.39. The molecule has 220 valence electrons. The van der Waals surface area contributed by atoms with Gasteiger partial charge in [-0.1, -0.05) is 30.7 Å². The highest BCUT2D eigenvalue weighted by Crippen LogP contribution is 2.50. The summed E-state index contributed by atoms with van der Waals surface area (Å²) in [5.41, 5.74) is -0.574. The normalized spacial score (nSPS) is 27.6. The minimum atomic E-state index is -4.39. The molecule has 0 bridgehead atoms. The molecule has 1 aromatic heterocycles. The molecule has 0 amide bonds. The van der Waals surface area contributed by atoms with E-state index < -0.39 is 67.3 Å². The minimum Gasteiger partial charge on any atom is -0.462 e. The SMILES string of the molecule is CC(C)OC(=O)C(C)NP(=O)(OCC1OC(n2ccc(=O)[nH]c2=O)C(F)(Cl)C1O)Oc1ccc(C2(C)CC2)cc1. The number of aliphatic hydroxyl groups is 1. The van der Waals surface area contributed by atoms with Crippen molar-refractivity contribution in [2.75, 3.05) is 6.61 Å². The second-order valence-corrected chi connectivity index (χ2v) is 12.7. The molecule has 40 heavy (non-hydrogen) atoms. The fourth-order valence-electron chi connectivity index (χ4n) is 4.14. The van der Waals surface area contributed by atoms with E-state index in [0.717, 1.165) is 30.7 Å². The van der Waals surface area contributed by atoms with Crippen molar-refractivity contribution >= 4 is 25.3 Å². The van der Waals surface area contributed by atoms with Crippen molar-refractivity contribution in [3.05, 3.63) is 62.9 Å². The lowest BCUT2D eigenvalue weighted by atomic mass is 9.99. The average Bonchev–Trinajstić information content (AvgIpc) is 3.57. The van der Waals surface area contributed by atoms with E-state index in [1.54, 1.807) is 26.0 Å². The Hall–Kier alpha value is -2.54. The predicted molar refractivity (Wildman–Crippen MR) is 142 cm³/mol. The number of nitrogens with zero attached hydrogens (tertiary/aromatic N) is 1. The lowest BCUT2D eigenvalue weighted by Crippen LogP contribution is -2.42. The number of alkyl halides is 2. The molecule has 2 fully saturated rings. The van der Waals surface area contributed by atoms with Crippen LogP contribution in [-0.4, -0.2) is 56.7 Å². The molecular formula is C25H32ClFN3O9P. The van der Waals surface area contributed by atoms with E-state index in [1.165, 1.54) is 6.92 Å². The van der Waals surface area contributed by atoms with Gasteiger partial charge < -0.3 is 19.1 Å². The van der Waals surface area contributed by atoms with Crippen molar-refractivity contribution in [3.63, 3.8) is 0 Å². The Labute approximate surface area is 234 Å². The van der Waals surface area contributed by atoms with Crippen LogP contribution in [-0.2, 0) is 28.8 Å². The number of aromatic amines is 1. The first-order valence-electron chi connectivity index (χ1n) is 12.7. The number of rotatable bonds is 11. The molecule has 1 aromatic carbocycles. The maximum Gasteiger partial charge on any atom is 0.459 e. The van der Waals surface area contributed by atoms with Gasteiger partial charge in [0.25, 0.3) is 10.7 Å². The highest BCUT2D eigenvalue weighted by molar-refractivity contribution is 7.52. The van der Waals surface area contributed by atoms with Crippen LogP contribution in [0.1, 0.15) is 52.3 Å². The van der Waals surface area contributed by atoms with Gasteiger partial charge in [0, 0.05) is 12.3 Å². The van der Waals surface area contributed by atoms with Crippen LogP contribution in [0.3, 0.4) is 0 Å². The molecule has 4 rings (SSSR count). The fraction of sp³-hybridized carbons (Fsp3) is 0.560. The number of hydrogen-bond donors (Lipinski definition) is 3. The topological polar surface area (TPSA) is 158 Å². The zero-order valence-electron chi connectivity index (χ0n) is 22.3. The molecule has 6 unspecified atom stereocenters. The molecule has 2 aromatic rings. The zero-order chi connectivity index (χ0) is 29.5. The van der Waals surface area contributed by atoms with Gasteiger partial charge in [0.15, 0.2) is 6.23 Å².